The third kappa shape index (κ3) is 3.23. The van der Waals surface area contributed by atoms with Gasteiger partial charge in [0.2, 0.25) is 0 Å². The summed E-state index contributed by atoms with van der Waals surface area (Å²) in [6, 6.07) is 9.70. The number of nitrogens with one attached hydrogen (secondary N) is 1. The molecule has 4 nitrogen and oxygen atoms in total. The van der Waals surface area contributed by atoms with Crippen LogP contribution < -0.4 is 5.32 Å². The summed E-state index contributed by atoms with van der Waals surface area (Å²) in [4.78, 5) is 11.9. The van der Waals surface area contributed by atoms with Gasteiger partial charge in [-0.3, -0.25) is 10.1 Å². The molecule has 1 aromatic heterocycles. The highest BCUT2D eigenvalue weighted by Crippen LogP contribution is 2.24. The Labute approximate surface area is 122 Å². The summed E-state index contributed by atoms with van der Waals surface area (Å²) in [6.45, 7) is 4.59. The van der Waals surface area contributed by atoms with E-state index in [0.29, 0.717) is 12.6 Å². The summed E-state index contributed by atoms with van der Waals surface area (Å²) < 4.78 is 0. The molecule has 0 aliphatic heterocycles. The minimum absolute atomic E-state index is 0.188. The minimum Gasteiger partial charge on any atom is -0.305 e. The van der Waals surface area contributed by atoms with Crippen LogP contribution in [0.1, 0.15) is 35.4 Å². The van der Waals surface area contributed by atoms with E-state index in [1.807, 2.05) is 12.1 Å². The lowest BCUT2D eigenvalue weighted by molar-refractivity contribution is -0.385. The number of nitro groups is 1. The average molecular weight is 290 g/mol. The smallest absolute Gasteiger partial charge is 0.272 e. The number of benzene rings is 1. The molecular weight excluding hydrogens is 272 g/mol. The fourth-order valence-corrected chi connectivity index (χ4v) is 3.11. The van der Waals surface area contributed by atoms with Crippen molar-refractivity contribution in [2.24, 2.45) is 0 Å². The van der Waals surface area contributed by atoms with Crippen LogP contribution in [0.5, 0.6) is 0 Å². The van der Waals surface area contributed by atoms with E-state index in [9.17, 15) is 10.1 Å². The van der Waals surface area contributed by atoms with E-state index in [2.05, 4.69) is 23.7 Å². The van der Waals surface area contributed by atoms with Crippen LogP contribution in [0, 0.1) is 17.0 Å². The molecule has 1 heterocycles. The molecule has 2 rings (SSSR count). The van der Waals surface area contributed by atoms with Gasteiger partial charge >= 0.3 is 0 Å². The fraction of sp³-hybridized carbons (Fsp3) is 0.333. The lowest BCUT2D eigenvalue weighted by Gasteiger charge is -2.16. The molecule has 1 atom stereocenters. The summed E-state index contributed by atoms with van der Waals surface area (Å²) in [5, 5.41) is 16.5. The predicted molar refractivity (Wildman–Crippen MR) is 82.0 cm³/mol. The Morgan fingerprint density at radius 2 is 2.15 bits per heavy atom. The minimum atomic E-state index is -0.324. The van der Waals surface area contributed by atoms with E-state index in [1.165, 1.54) is 4.88 Å². The lowest BCUT2D eigenvalue weighted by atomic mass is 10.1. The van der Waals surface area contributed by atoms with Gasteiger partial charge in [0.1, 0.15) is 0 Å². The summed E-state index contributed by atoms with van der Waals surface area (Å²) in [5.74, 6) is 0. The van der Waals surface area contributed by atoms with Crippen LogP contribution in [0.15, 0.2) is 35.7 Å². The van der Waals surface area contributed by atoms with Gasteiger partial charge in [-0.1, -0.05) is 25.1 Å². The third-order valence-electron chi connectivity index (χ3n) is 3.45. The Kier molecular flexibility index (Phi) is 4.87. The van der Waals surface area contributed by atoms with E-state index in [4.69, 9.17) is 0 Å². The number of hydrogen-bond acceptors (Lipinski definition) is 4. The summed E-state index contributed by atoms with van der Waals surface area (Å²) >= 11 is 1.73. The van der Waals surface area contributed by atoms with Gasteiger partial charge in [0.05, 0.1) is 4.92 Å². The molecule has 0 bridgehead atoms. The molecule has 106 valence electrons. The van der Waals surface area contributed by atoms with Crippen LogP contribution in [0.4, 0.5) is 5.69 Å². The van der Waals surface area contributed by atoms with Gasteiger partial charge in [-0.25, -0.2) is 0 Å². The first-order chi connectivity index (χ1) is 9.63. The van der Waals surface area contributed by atoms with E-state index in [1.54, 1.807) is 30.4 Å². The molecule has 0 saturated carbocycles. The maximum Gasteiger partial charge on any atom is 0.272 e. The second-order valence-corrected chi connectivity index (χ2v) is 5.65. The van der Waals surface area contributed by atoms with Gasteiger partial charge in [0, 0.05) is 29.1 Å². The van der Waals surface area contributed by atoms with E-state index in [0.717, 1.165) is 17.5 Å². The maximum absolute atomic E-state index is 10.9. The zero-order valence-corrected chi connectivity index (χ0v) is 12.4. The fourth-order valence-electron chi connectivity index (χ4n) is 2.23. The predicted octanol–water partition coefficient (Wildman–Crippen LogP) is 4.21. The zero-order valence-electron chi connectivity index (χ0n) is 11.6. The average Bonchev–Trinajstić information content (AvgIpc) is 2.95. The number of hydrogen-bond donors (Lipinski definition) is 1. The molecule has 1 aromatic carbocycles. The van der Waals surface area contributed by atoms with Crippen LogP contribution in [0.3, 0.4) is 0 Å². The quantitative estimate of drug-likeness (QED) is 0.640. The molecule has 0 amide bonds. The van der Waals surface area contributed by atoms with Crippen molar-refractivity contribution >= 4 is 17.0 Å². The van der Waals surface area contributed by atoms with Crippen LogP contribution in [0.25, 0.3) is 0 Å². The Hall–Kier alpha value is -1.72. The van der Waals surface area contributed by atoms with Gasteiger partial charge in [0.15, 0.2) is 0 Å². The number of rotatable bonds is 6. The van der Waals surface area contributed by atoms with Crippen molar-refractivity contribution in [3.8, 4) is 0 Å². The van der Waals surface area contributed by atoms with E-state index < -0.39 is 0 Å². The van der Waals surface area contributed by atoms with Crippen molar-refractivity contribution in [3.63, 3.8) is 0 Å². The van der Waals surface area contributed by atoms with Crippen molar-refractivity contribution in [1.82, 2.24) is 5.32 Å². The van der Waals surface area contributed by atoms with E-state index >= 15 is 0 Å². The van der Waals surface area contributed by atoms with Crippen molar-refractivity contribution in [3.05, 3.63) is 61.8 Å². The first-order valence-electron chi connectivity index (χ1n) is 6.63. The Balaban J connectivity index is 2.11. The topological polar surface area (TPSA) is 55.2 Å². The zero-order chi connectivity index (χ0) is 14.5. The van der Waals surface area contributed by atoms with Crippen molar-refractivity contribution in [2.75, 3.05) is 0 Å². The number of nitrogens with zero attached hydrogens (tertiary/aromatic N) is 1. The molecule has 0 fully saturated rings. The first kappa shape index (κ1) is 14.7. The molecule has 2 aromatic rings. The molecule has 0 radical (unpaired) electrons. The monoisotopic (exact) mass is 290 g/mol. The van der Waals surface area contributed by atoms with Gasteiger partial charge in [0.25, 0.3) is 5.69 Å². The van der Waals surface area contributed by atoms with Crippen molar-refractivity contribution in [2.45, 2.75) is 32.9 Å². The molecule has 0 aliphatic carbocycles. The molecule has 1 N–H and O–H groups in total. The molecule has 0 spiro atoms. The normalized spacial score (nSPS) is 12.3. The van der Waals surface area contributed by atoms with Gasteiger partial charge in [-0.05, 0) is 30.4 Å². The highest BCUT2D eigenvalue weighted by atomic mass is 32.1. The van der Waals surface area contributed by atoms with Crippen LogP contribution in [0.2, 0.25) is 0 Å². The maximum atomic E-state index is 10.9. The molecule has 5 heteroatoms. The van der Waals surface area contributed by atoms with Crippen molar-refractivity contribution < 1.29 is 4.92 Å². The molecule has 0 saturated heterocycles. The molecule has 20 heavy (non-hydrogen) atoms. The van der Waals surface area contributed by atoms with Gasteiger partial charge < -0.3 is 5.32 Å². The molecular formula is C15H18N2O2S. The second-order valence-electron chi connectivity index (χ2n) is 4.68. The standard InChI is InChI=1S/C15H18N2O2S/c1-3-13(15-8-5-9-20-15)16-10-12-6-4-7-14(11(12)2)17(18)19/h4-9,13,16H,3,10H2,1-2H3. The van der Waals surface area contributed by atoms with E-state index in [-0.39, 0.29) is 10.6 Å². The summed E-state index contributed by atoms with van der Waals surface area (Å²) in [7, 11) is 0. The highest BCUT2D eigenvalue weighted by molar-refractivity contribution is 7.10. The van der Waals surface area contributed by atoms with Crippen molar-refractivity contribution in [1.29, 1.82) is 0 Å². The largest absolute Gasteiger partial charge is 0.305 e. The van der Waals surface area contributed by atoms with Crippen LogP contribution in [-0.2, 0) is 6.54 Å². The Morgan fingerprint density at radius 1 is 1.35 bits per heavy atom. The second kappa shape index (κ2) is 6.63. The first-order valence-corrected chi connectivity index (χ1v) is 7.51. The summed E-state index contributed by atoms with van der Waals surface area (Å²) in [5.41, 5.74) is 1.91. The third-order valence-corrected chi connectivity index (χ3v) is 4.43. The van der Waals surface area contributed by atoms with Gasteiger partial charge in [-0.15, -0.1) is 11.3 Å². The van der Waals surface area contributed by atoms with Crippen LogP contribution in [-0.4, -0.2) is 4.92 Å². The number of thiophene rings is 1. The SMILES string of the molecule is CCC(NCc1cccc([N+](=O)[O-])c1C)c1cccs1. The highest BCUT2D eigenvalue weighted by Gasteiger charge is 2.15. The molecule has 0 aliphatic rings. The lowest BCUT2D eigenvalue weighted by Crippen LogP contribution is -2.20. The van der Waals surface area contributed by atoms with Crippen LogP contribution >= 0.6 is 11.3 Å². The Morgan fingerprint density at radius 3 is 2.75 bits per heavy atom. The Bertz CT molecular complexity index is 582. The number of nitro benzene ring substituents is 1. The summed E-state index contributed by atoms with van der Waals surface area (Å²) in [6.07, 6.45) is 0.995. The van der Waals surface area contributed by atoms with Gasteiger partial charge in [-0.2, -0.15) is 0 Å². The molecule has 1 unspecified atom stereocenters.